The molecule has 1 aromatic carbocycles. The molecule has 1 rings (SSSR count). The number of nitrogens with zero attached hydrogens (tertiary/aromatic N) is 1. The summed E-state index contributed by atoms with van der Waals surface area (Å²) in [5.74, 6) is -1.54. The van der Waals surface area contributed by atoms with Crippen LogP contribution in [0.3, 0.4) is 0 Å². The van der Waals surface area contributed by atoms with Gasteiger partial charge in [0.25, 0.3) is 5.91 Å². The minimum absolute atomic E-state index is 0.100. The third-order valence-corrected chi connectivity index (χ3v) is 2.83. The summed E-state index contributed by atoms with van der Waals surface area (Å²) in [6.45, 7) is 10.5. The predicted molar refractivity (Wildman–Crippen MR) is 95.8 cm³/mol. The molecule has 0 spiro atoms. The zero-order valence-corrected chi connectivity index (χ0v) is 14.0. The molecule has 1 aromatic rings. The molecule has 24 heavy (non-hydrogen) atoms. The molecule has 5 nitrogen and oxygen atoms in total. The number of nitrogens with one attached hydrogen (secondary N) is 1. The van der Waals surface area contributed by atoms with Crippen molar-refractivity contribution in [1.82, 2.24) is 0 Å². The molecule has 0 radical (unpaired) electrons. The van der Waals surface area contributed by atoms with E-state index in [1.54, 1.807) is 13.0 Å². The summed E-state index contributed by atoms with van der Waals surface area (Å²) in [4.78, 5) is 22.9. The van der Waals surface area contributed by atoms with E-state index in [0.717, 1.165) is 12.8 Å². The van der Waals surface area contributed by atoms with Crippen molar-refractivity contribution in [3.05, 3.63) is 66.3 Å². The molecule has 0 heterocycles. The van der Waals surface area contributed by atoms with Gasteiger partial charge < -0.3 is 10.4 Å². The Bertz CT molecular complexity index is 676. The van der Waals surface area contributed by atoms with Crippen molar-refractivity contribution in [2.24, 2.45) is 0 Å². The van der Waals surface area contributed by atoms with Crippen LogP contribution in [-0.2, 0) is 4.79 Å². The van der Waals surface area contributed by atoms with Crippen LogP contribution in [0.4, 0.5) is 5.69 Å². The lowest BCUT2D eigenvalue weighted by atomic mass is 10.1. The Morgan fingerprint density at radius 3 is 2.38 bits per heavy atom. The minimum Gasteiger partial charge on any atom is -0.478 e. The largest absolute Gasteiger partial charge is 0.478 e. The summed E-state index contributed by atoms with van der Waals surface area (Å²) in [6.07, 6.45) is 7.01. The number of anilines is 1. The maximum atomic E-state index is 11.8. The Labute approximate surface area is 142 Å². The van der Waals surface area contributed by atoms with Gasteiger partial charge in [-0.15, -0.1) is 13.2 Å². The maximum absolute atomic E-state index is 11.8. The van der Waals surface area contributed by atoms with E-state index in [2.05, 4.69) is 18.5 Å². The van der Waals surface area contributed by atoms with Crippen LogP contribution in [0.25, 0.3) is 0 Å². The van der Waals surface area contributed by atoms with Crippen LogP contribution in [0.15, 0.2) is 55.2 Å². The van der Waals surface area contributed by atoms with Crippen molar-refractivity contribution >= 4 is 17.6 Å². The summed E-state index contributed by atoms with van der Waals surface area (Å²) in [5, 5.41) is 20.3. The summed E-state index contributed by atoms with van der Waals surface area (Å²) >= 11 is 0. The van der Waals surface area contributed by atoms with Crippen LogP contribution in [0.2, 0.25) is 0 Å². The molecule has 5 heteroatoms. The third kappa shape index (κ3) is 7.23. The highest BCUT2D eigenvalue weighted by molar-refractivity contribution is 6.07. The first kappa shape index (κ1) is 20.9. The second-order valence-electron chi connectivity index (χ2n) is 4.74. The SMILES string of the molecule is C=CCC=C.CC/C=C(\C)C(=O)Nc1ccc(C#N)cc1C(=O)O. The molecule has 0 saturated carbocycles. The average Bonchev–Trinajstić information content (AvgIpc) is 2.56. The van der Waals surface area contributed by atoms with Crippen molar-refractivity contribution in [3.63, 3.8) is 0 Å². The van der Waals surface area contributed by atoms with Gasteiger partial charge in [0.1, 0.15) is 0 Å². The number of aromatic carboxylic acids is 1. The smallest absolute Gasteiger partial charge is 0.337 e. The highest BCUT2D eigenvalue weighted by atomic mass is 16.4. The standard InChI is InChI=1S/C14H14N2O3.C5H8/c1-3-4-9(2)13(17)16-12-6-5-10(8-15)7-11(12)14(18)19;1-3-5-4-2/h4-7H,3H2,1-2H3,(H,16,17)(H,18,19);3-4H,1-2,5H2/b9-4+;. The molecule has 0 aliphatic rings. The third-order valence-electron chi connectivity index (χ3n) is 2.83. The fourth-order valence-corrected chi connectivity index (χ4v) is 1.64. The predicted octanol–water partition coefficient (Wildman–Crippen LogP) is 4.30. The first-order valence-electron chi connectivity index (χ1n) is 7.38. The van der Waals surface area contributed by atoms with Crippen molar-refractivity contribution < 1.29 is 14.7 Å². The molecule has 0 atom stereocenters. The zero-order valence-electron chi connectivity index (χ0n) is 14.0. The number of nitriles is 1. The molecular weight excluding hydrogens is 304 g/mol. The van der Waals surface area contributed by atoms with E-state index in [1.807, 2.05) is 25.1 Å². The Kier molecular flexibility index (Phi) is 9.95. The van der Waals surface area contributed by atoms with Crippen molar-refractivity contribution in [2.45, 2.75) is 26.7 Å². The van der Waals surface area contributed by atoms with E-state index < -0.39 is 5.97 Å². The van der Waals surface area contributed by atoms with Gasteiger partial charge in [0, 0.05) is 5.57 Å². The Balaban J connectivity index is 0.000000922. The van der Waals surface area contributed by atoms with Gasteiger partial charge in [0.2, 0.25) is 0 Å². The Hall–Kier alpha value is -3.13. The van der Waals surface area contributed by atoms with E-state index in [-0.39, 0.29) is 22.7 Å². The molecule has 0 fully saturated rings. The first-order valence-corrected chi connectivity index (χ1v) is 7.38. The van der Waals surface area contributed by atoms with Crippen LogP contribution in [0, 0.1) is 11.3 Å². The summed E-state index contributed by atoms with van der Waals surface area (Å²) in [5.41, 5.74) is 0.830. The van der Waals surface area contributed by atoms with Gasteiger partial charge in [-0.2, -0.15) is 5.26 Å². The second kappa shape index (κ2) is 11.4. The van der Waals surface area contributed by atoms with Crippen LogP contribution >= 0.6 is 0 Å². The van der Waals surface area contributed by atoms with Crippen LogP contribution in [0.1, 0.15) is 42.6 Å². The van der Waals surface area contributed by atoms with Crippen molar-refractivity contribution in [3.8, 4) is 6.07 Å². The quantitative estimate of drug-likeness (QED) is 0.602. The van der Waals surface area contributed by atoms with Gasteiger partial charge >= 0.3 is 5.97 Å². The maximum Gasteiger partial charge on any atom is 0.337 e. The van der Waals surface area contributed by atoms with Crippen LogP contribution < -0.4 is 5.32 Å². The number of carboxylic acids is 1. The Morgan fingerprint density at radius 1 is 1.33 bits per heavy atom. The fraction of sp³-hybridized carbons (Fsp3) is 0.211. The molecule has 0 aliphatic heterocycles. The number of hydrogen-bond donors (Lipinski definition) is 2. The van der Waals surface area contributed by atoms with E-state index in [9.17, 15) is 9.59 Å². The molecule has 0 aliphatic carbocycles. The van der Waals surface area contributed by atoms with Gasteiger partial charge in [-0.05, 0) is 38.0 Å². The molecule has 0 aromatic heterocycles. The molecule has 1 amide bonds. The molecule has 0 saturated heterocycles. The zero-order chi connectivity index (χ0) is 18.5. The lowest BCUT2D eigenvalue weighted by molar-refractivity contribution is -0.112. The number of carbonyl (C=O) groups excluding carboxylic acids is 1. The van der Waals surface area contributed by atoms with Gasteiger partial charge in [-0.3, -0.25) is 4.79 Å². The number of benzene rings is 1. The summed E-state index contributed by atoms with van der Waals surface area (Å²) in [6, 6.07) is 5.97. The van der Waals surface area contributed by atoms with Gasteiger partial charge in [-0.25, -0.2) is 4.79 Å². The normalized spacial score (nSPS) is 9.79. The number of carboxylic acid groups (broad SMARTS) is 1. The van der Waals surface area contributed by atoms with Crippen molar-refractivity contribution in [1.29, 1.82) is 5.26 Å². The van der Waals surface area contributed by atoms with Crippen LogP contribution in [-0.4, -0.2) is 17.0 Å². The number of hydrogen-bond acceptors (Lipinski definition) is 3. The summed E-state index contributed by atoms with van der Waals surface area (Å²) in [7, 11) is 0. The van der Waals surface area contributed by atoms with E-state index in [4.69, 9.17) is 10.4 Å². The number of rotatable bonds is 6. The lowest BCUT2D eigenvalue weighted by Gasteiger charge is -2.09. The van der Waals surface area contributed by atoms with Gasteiger partial charge in [-0.1, -0.05) is 25.2 Å². The fourth-order valence-electron chi connectivity index (χ4n) is 1.64. The number of allylic oxidation sites excluding steroid dienone is 3. The molecule has 2 N–H and O–H groups in total. The van der Waals surface area contributed by atoms with Gasteiger partial charge in [0.05, 0.1) is 22.9 Å². The molecular formula is C19H22N2O3. The Morgan fingerprint density at radius 2 is 1.96 bits per heavy atom. The van der Waals surface area contributed by atoms with E-state index in [1.165, 1.54) is 18.2 Å². The average molecular weight is 326 g/mol. The highest BCUT2D eigenvalue weighted by Crippen LogP contribution is 2.18. The lowest BCUT2D eigenvalue weighted by Crippen LogP contribution is -2.15. The highest BCUT2D eigenvalue weighted by Gasteiger charge is 2.14. The number of amides is 1. The van der Waals surface area contributed by atoms with E-state index >= 15 is 0 Å². The first-order chi connectivity index (χ1) is 11.4. The van der Waals surface area contributed by atoms with Crippen LogP contribution in [0.5, 0.6) is 0 Å². The van der Waals surface area contributed by atoms with E-state index in [0.29, 0.717) is 5.57 Å². The molecule has 0 bridgehead atoms. The molecule has 126 valence electrons. The topological polar surface area (TPSA) is 90.2 Å². The molecule has 0 unspecified atom stereocenters. The van der Waals surface area contributed by atoms with Crippen molar-refractivity contribution in [2.75, 3.05) is 5.32 Å². The second-order valence-corrected chi connectivity index (χ2v) is 4.74. The monoisotopic (exact) mass is 326 g/mol. The summed E-state index contributed by atoms with van der Waals surface area (Å²) < 4.78 is 0. The van der Waals surface area contributed by atoms with Gasteiger partial charge in [0.15, 0.2) is 0 Å². The minimum atomic E-state index is -1.19. The number of carbonyl (C=O) groups is 2.